The highest BCUT2D eigenvalue weighted by Crippen LogP contribution is 2.66. The number of carbonyl (C=O) groups is 2. The van der Waals surface area contributed by atoms with Crippen molar-refractivity contribution in [3.05, 3.63) is 23.3 Å². The number of hydrogen-bond acceptors (Lipinski definition) is 6. The average Bonchev–Trinajstić information content (AvgIpc) is 3.65. The molecule has 0 aliphatic heterocycles. The lowest BCUT2D eigenvalue weighted by Gasteiger charge is -2.55. The molecule has 0 heterocycles. The molecule has 1 amide bonds. The summed E-state index contributed by atoms with van der Waals surface area (Å²) in [6.45, 7) is 20.9. The average molecular weight is 924 g/mol. The maximum Gasteiger partial charge on any atom is 0.306 e. The van der Waals surface area contributed by atoms with E-state index in [1.54, 1.807) is 5.57 Å². The standard InChI is InChI=1S/C59H106N2O5/c1-10-12-14-16-18-25-44-64-57(65-45-26-19-17-15-13-11-2)32-23-22-30-55(62)61(43-42-60(8)9)41-24-20-21-31-56(63)66-50-37-39-58(6)49(46-50)33-34-51-53-36-35-52(48(5)29-27-28-47(3)4)59(53,7)40-38-54(51)58/h33-34,47-48,50,52-54,57H,10-32,35-46H2,1-9H3. The summed E-state index contributed by atoms with van der Waals surface area (Å²) in [5.74, 6) is 4.07. The van der Waals surface area contributed by atoms with Gasteiger partial charge in [0.15, 0.2) is 6.29 Å². The molecular weight excluding hydrogens is 817 g/mol. The van der Waals surface area contributed by atoms with Crippen molar-refractivity contribution >= 4 is 11.9 Å². The summed E-state index contributed by atoms with van der Waals surface area (Å²) >= 11 is 0. The molecular formula is C59H106N2O5. The topological polar surface area (TPSA) is 68.3 Å². The van der Waals surface area contributed by atoms with Crippen molar-refractivity contribution in [1.29, 1.82) is 0 Å². The Morgan fingerprint density at radius 2 is 1.30 bits per heavy atom. The number of unbranched alkanes of at least 4 members (excludes halogenated alkanes) is 13. The molecule has 4 rings (SSSR count). The van der Waals surface area contributed by atoms with Gasteiger partial charge in [-0.05, 0) is 138 Å². The maximum atomic E-state index is 13.5. The molecule has 0 N–H and O–H groups in total. The Bertz CT molecular complexity index is 1410. The van der Waals surface area contributed by atoms with Crippen LogP contribution in [0.4, 0.5) is 0 Å². The van der Waals surface area contributed by atoms with E-state index in [4.69, 9.17) is 14.2 Å². The molecule has 7 unspecified atom stereocenters. The maximum absolute atomic E-state index is 13.5. The molecule has 0 bridgehead atoms. The Kier molecular flexibility index (Phi) is 26.6. The second-order valence-electron chi connectivity index (χ2n) is 23.2. The molecule has 0 aromatic heterocycles. The number of likely N-dealkylation sites (N-methyl/N-ethyl adjacent to an activating group) is 1. The molecule has 3 fully saturated rings. The monoisotopic (exact) mass is 923 g/mol. The number of allylic oxidation sites excluding steroid dienone is 3. The largest absolute Gasteiger partial charge is 0.462 e. The molecule has 0 spiro atoms. The van der Waals surface area contributed by atoms with Crippen LogP contribution in [0.1, 0.15) is 241 Å². The first-order chi connectivity index (χ1) is 31.8. The quantitative estimate of drug-likeness (QED) is 0.0354. The van der Waals surface area contributed by atoms with Gasteiger partial charge in [-0.15, -0.1) is 0 Å². The van der Waals surface area contributed by atoms with E-state index >= 15 is 0 Å². The lowest BCUT2D eigenvalue weighted by atomic mass is 9.50. The minimum Gasteiger partial charge on any atom is -0.462 e. The molecule has 0 aromatic rings. The van der Waals surface area contributed by atoms with Crippen LogP contribution >= 0.6 is 0 Å². The molecule has 382 valence electrons. The van der Waals surface area contributed by atoms with Gasteiger partial charge < -0.3 is 24.0 Å². The van der Waals surface area contributed by atoms with Gasteiger partial charge in [0.05, 0.1) is 0 Å². The zero-order chi connectivity index (χ0) is 47.8. The van der Waals surface area contributed by atoms with Crippen LogP contribution in [0.3, 0.4) is 0 Å². The van der Waals surface area contributed by atoms with Crippen molar-refractivity contribution in [3.8, 4) is 0 Å². The van der Waals surface area contributed by atoms with Crippen molar-refractivity contribution < 1.29 is 23.8 Å². The first kappa shape index (κ1) is 56.9. The molecule has 0 saturated heterocycles. The SMILES string of the molecule is CCCCCCCCOC(CCCCC(=O)N(CCCCCC(=O)OC1CCC2(C)C(=CC=C3C2CCC2(C)C3CCC2C(C)CCCC(C)C)C1)CCN(C)C)OCCCCCCCC. The molecule has 7 nitrogen and oxygen atoms in total. The number of ether oxygens (including phenoxy) is 3. The Morgan fingerprint density at radius 1 is 0.652 bits per heavy atom. The number of hydrogen-bond donors (Lipinski definition) is 0. The Hall–Kier alpha value is -1.70. The smallest absolute Gasteiger partial charge is 0.306 e. The summed E-state index contributed by atoms with van der Waals surface area (Å²) in [6.07, 6.45) is 38.8. The first-order valence-electron chi connectivity index (χ1n) is 28.6. The van der Waals surface area contributed by atoms with E-state index in [1.165, 1.54) is 115 Å². The van der Waals surface area contributed by atoms with Crippen molar-refractivity contribution in [2.75, 3.05) is 46.9 Å². The number of amides is 1. The summed E-state index contributed by atoms with van der Waals surface area (Å²) in [6, 6.07) is 0. The minimum absolute atomic E-state index is 0.00336. The minimum atomic E-state index is -0.164. The van der Waals surface area contributed by atoms with E-state index in [0.717, 1.165) is 127 Å². The van der Waals surface area contributed by atoms with Crippen molar-refractivity contribution in [2.45, 2.75) is 253 Å². The van der Waals surface area contributed by atoms with Crippen LogP contribution in [0.2, 0.25) is 0 Å². The Balaban J connectivity index is 1.16. The van der Waals surface area contributed by atoms with Gasteiger partial charge in [-0.3, -0.25) is 9.59 Å². The van der Waals surface area contributed by atoms with Crippen LogP contribution < -0.4 is 0 Å². The molecule has 7 atom stereocenters. The van der Waals surface area contributed by atoms with Gasteiger partial charge in [-0.25, -0.2) is 0 Å². The third-order valence-electron chi connectivity index (χ3n) is 17.2. The summed E-state index contributed by atoms with van der Waals surface area (Å²) in [4.78, 5) is 31.0. The lowest BCUT2D eigenvalue weighted by molar-refractivity contribution is -0.151. The predicted octanol–water partition coefficient (Wildman–Crippen LogP) is 15.5. The zero-order valence-electron chi connectivity index (χ0n) is 44.9. The fraction of sp³-hybridized carbons (Fsp3) is 0.898. The number of esters is 1. The van der Waals surface area contributed by atoms with Crippen LogP contribution in [0.5, 0.6) is 0 Å². The fourth-order valence-electron chi connectivity index (χ4n) is 12.9. The molecule has 4 aliphatic carbocycles. The van der Waals surface area contributed by atoms with Crippen molar-refractivity contribution in [3.63, 3.8) is 0 Å². The third kappa shape index (κ3) is 18.6. The highest BCUT2D eigenvalue weighted by molar-refractivity contribution is 5.76. The van der Waals surface area contributed by atoms with Crippen LogP contribution in [-0.2, 0) is 23.8 Å². The van der Waals surface area contributed by atoms with Gasteiger partial charge in [-0.2, -0.15) is 0 Å². The molecule has 0 aromatic carbocycles. The summed E-state index contributed by atoms with van der Waals surface area (Å²) in [5.41, 5.74) is 3.94. The number of carbonyl (C=O) groups excluding carboxylic acids is 2. The zero-order valence-corrected chi connectivity index (χ0v) is 44.9. The van der Waals surface area contributed by atoms with E-state index < -0.39 is 0 Å². The second kappa shape index (κ2) is 30.8. The van der Waals surface area contributed by atoms with Gasteiger partial charge in [0, 0.05) is 52.1 Å². The van der Waals surface area contributed by atoms with E-state index in [1.807, 2.05) is 0 Å². The van der Waals surface area contributed by atoms with Crippen molar-refractivity contribution in [2.24, 2.45) is 40.4 Å². The Labute approximate surface area is 408 Å². The van der Waals surface area contributed by atoms with Gasteiger partial charge in [0.25, 0.3) is 0 Å². The van der Waals surface area contributed by atoms with Crippen LogP contribution in [0.25, 0.3) is 0 Å². The van der Waals surface area contributed by atoms with Crippen LogP contribution in [0.15, 0.2) is 23.3 Å². The third-order valence-corrected chi connectivity index (χ3v) is 17.2. The van der Waals surface area contributed by atoms with Gasteiger partial charge in [-0.1, -0.05) is 162 Å². The summed E-state index contributed by atoms with van der Waals surface area (Å²) in [5, 5.41) is 0. The molecule has 3 saturated carbocycles. The van der Waals surface area contributed by atoms with Gasteiger partial charge in [0.1, 0.15) is 6.10 Å². The second-order valence-corrected chi connectivity index (χ2v) is 23.2. The lowest BCUT2D eigenvalue weighted by Crippen LogP contribution is -2.46. The number of fused-ring (bicyclic) bond motifs is 5. The highest BCUT2D eigenvalue weighted by Gasteiger charge is 2.57. The molecule has 7 heteroatoms. The van der Waals surface area contributed by atoms with E-state index in [2.05, 4.69) is 84.5 Å². The molecule has 4 aliphatic rings. The van der Waals surface area contributed by atoms with Gasteiger partial charge >= 0.3 is 5.97 Å². The Morgan fingerprint density at radius 3 is 1.97 bits per heavy atom. The van der Waals surface area contributed by atoms with Crippen LogP contribution in [-0.4, -0.2) is 81.0 Å². The predicted molar refractivity (Wildman–Crippen MR) is 277 cm³/mol. The van der Waals surface area contributed by atoms with Crippen molar-refractivity contribution in [1.82, 2.24) is 9.80 Å². The number of nitrogens with zero attached hydrogens (tertiary/aromatic N) is 2. The van der Waals surface area contributed by atoms with E-state index in [-0.39, 0.29) is 29.7 Å². The normalized spacial score (nSPS) is 25.4. The summed E-state index contributed by atoms with van der Waals surface area (Å²) in [7, 11) is 4.14. The van der Waals surface area contributed by atoms with E-state index in [0.29, 0.717) is 24.2 Å². The van der Waals surface area contributed by atoms with E-state index in [9.17, 15) is 9.59 Å². The molecule has 66 heavy (non-hydrogen) atoms. The first-order valence-corrected chi connectivity index (χ1v) is 28.6. The summed E-state index contributed by atoms with van der Waals surface area (Å²) < 4.78 is 18.7. The van der Waals surface area contributed by atoms with Gasteiger partial charge in [0.2, 0.25) is 5.91 Å². The highest BCUT2D eigenvalue weighted by atomic mass is 16.7. The molecule has 0 radical (unpaired) electrons. The fourth-order valence-corrected chi connectivity index (χ4v) is 12.9. The number of rotatable bonds is 36. The van der Waals surface area contributed by atoms with Crippen LogP contribution in [0, 0.1) is 40.4 Å².